The normalized spacial score (nSPS) is 12.8. The first kappa shape index (κ1) is 19.1. The Labute approximate surface area is 147 Å². The zero-order valence-corrected chi connectivity index (χ0v) is 15.6. The Morgan fingerprint density at radius 1 is 1.24 bits per heavy atom. The summed E-state index contributed by atoms with van der Waals surface area (Å²) in [5, 5.41) is 6.61. The molecular weight excluding hydrogens is 342 g/mol. The van der Waals surface area contributed by atoms with E-state index in [4.69, 9.17) is 4.52 Å². The van der Waals surface area contributed by atoms with Gasteiger partial charge >= 0.3 is 0 Å². The van der Waals surface area contributed by atoms with E-state index in [0.717, 1.165) is 11.3 Å². The van der Waals surface area contributed by atoms with Gasteiger partial charge in [-0.1, -0.05) is 12.1 Å². The average Bonchev–Trinajstić information content (AvgIpc) is 2.90. The van der Waals surface area contributed by atoms with E-state index >= 15 is 0 Å². The number of hydrogen-bond acceptors (Lipinski definition) is 5. The molecule has 25 heavy (non-hydrogen) atoms. The molecule has 0 spiro atoms. The molecule has 1 unspecified atom stereocenters. The lowest BCUT2D eigenvalue weighted by Crippen LogP contribution is -2.32. The van der Waals surface area contributed by atoms with Crippen LogP contribution in [-0.4, -0.2) is 25.5 Å². The standard InChI is InChI=1S/C17H23N3O4S/c1-5-11(2)20-25(22,23)15-8-6-14(7-9-15)17(21)18-10-16-12(3)19-24-13(16)4/h6-9,11,20H,5,10H2,1-4H3,(H,18,21). The number of aromatic nitrogens is 1. The van der Waals surface area contributed by atoms with Gasteiger partial charge in [-0.2, -0.15) is 0 Å². The first-order chi connectivity index (χ1) is 11.7. The van der Waals surface area contributed by atoms with E-state index in [2.05, 4.69) is 15.2 Å². The maximum absolute atomic E-state index is 12.2. The van der Waals surface area contributed by atoms with Crippen molar-refractivity contribution < 1.29 is 17.7 Å². The van der Waals surface area contributed by atoms with Gasteiger partial charge in [0.05, 0.1) is 10.6 Å². The van der Waals surface area contributed by atoms with Crippen LogP contribution in [0.1, 0.15) is 47.6 Å². The van der Waals surface area contributed by atoms with Crippen LogP contribution in [0.2, 0.25) is 0 Å². The second-order valence-corrected chi connectivity index (χ2v) is 7.65. The average molecular weight is 365 g/mol. The Morgan fingerprint density at radius 3 is 2.40 bits per heavy atom. The molecule has 1 aromatic heterocycles. The molecule has 0 aliphatic carbocycles. The van der Waals surface area contributed by atoms with Crippen molar-refractivity contribution in [2.45, 2.75) is 51.6 Å². The topological polar surface area (TPSA) is 101 Å². The third kappa shape index (κ3) is 4.67. The molecule has 0 bridgehead atoms. The molecule has 2 rings (SSSR count). The van der Waals surface area contributed by atoms with Crippen LogP contribution in [0.25, 0.3) is 0 Å². The van der Waals surface area contributed by atoms with Gasteiger partial charge in [-0.05, 0) is 51.5 Å². The molecule has 136 valence electrons. The van der Waals surface area contributed by atoms with E-state index in [1.807, 2.05) is 13.8 Å². The number of benzene rings is 1. The smallest absolute Gasteiger partial charge is 0.251 e. The van der Waals surface area contributed by atoms with Gasteiger partial charge in [-0.15, -0.1) is 0 Å². The Balaban J connectivity index is 2.05. The van der Waals surface area contributed by atoms with E-state index < -0.39 is 10.0 Å². The number of rotatable bonds is 7. The fourth-order valence-electron chi connectivity index (χ4n) is 2.23. The van der Waals surface area contributed by atoms with Crippen LogP contribution in [0.15, 0.2) is 33.7 Å². The summed E-state index contributed by atoms with van der Waals surface area (Å²) in [5.41, 5.74) is 1.95. The lowest BCUT2D eigenvalue weighted by molar-refractivity contribution is 0.0950. The Kier molecular flexibility index (Phi) is 5.97. The maximum atomic E-state index is 12.2. The van der Waals surface area contributed by atoms with Crippen molar-refractivity contribution in [1.29, 1.82) is 0 Å². The van der Waals surface area contributed by atoms with Gasteiger partial charge in [0.1, 0.15) is 5.76 Å². The molecule has 0 radical (unpaired) electrons. The fraction of sp³-hybridized carbons (Fsp3) is 0.412. The molecule has 2 N–H and O–H groups in total. The highest BCUT2D eigenvalue weighted by molar-refractivity contribution is 7.89. The van der Waals surface area contributed by atoms with E-state index in [0.29, 0.717) is 24.3 Å². The third-order valence-corrected chi connectivity index (χ3v) is 5.61. The van der Waals surface area contributed by atoms with Gasteiger partial charge in [-0.3, -0.25) is 4.79 Å². The maximum Gasteiger partial charge on any atom is 0.251 e. The summed E-state index contributed by atoms with van der Waals surface area (Å²) in [6.07, 6.45) is 0.696. The number of carbonyl (C=O) groups excluding carboxylic acids is 1. The number of nitrogens with one attached hydrogen (secondary N) is 2. The summed E-state index contributed by atoms with van der Waals surface area (Å²) >= 11 is 0. The van der Waals surface area contributed by atoms with Crippen LogP contribution in [0.5, 0.6) is 0 Å². The summed E-state index contributed by atoms with van der Waals surface area (Å²) < 4.78 is 32.1. The minimum absolute atomic E-state index is 0.134. The highest BCUT2D eigenvalue weighted by Gasteiger charge is 2.17. The van der Waals surface area contributed by atoms with Crippen LogP contribution >= 0.6 is 0 Å². The van der Waals surface area contributed by atoms with Crippen molar-refractivity contribution >= 4 is 15.9 Å². The molecule has 8 heteroatoms. The first-order valence-electron chi connectivity index (χ1n) is 8.07. The van der Waals surface area contributed by atoms with Crippen molar-refractivity contribution in [2.75, 3.05) is 0 Å². The first-order valence-corrected chi connectivity index (χ1v) is 9.55. The van der Waals surface area contributed by atoms with Crippen LogP contribution in [0.4, 0.5) is 0 Å². The van der Waals surface area contributed by atoms with Crippen molar-refractivity contribution in [3.8, 4) is 0 Å². The monoisotopic (exact) mass is 365 g/mol. The molecule has 2 aromatic rings. The van der Waals surface area contributed by atoms with Crippen molar-refractivity contribution in [3.05, 3.63) is 46.8 Å². The molecule has 1 aromatic carbocycles. The summed E-state index contributed by atoms with van der Waals surface area (Å²) in [6.45, 7) is 7.59. The molecular formula is C17H23N3O4S. The summed E-state index contributed by atoms with van der Waals surface area (Å²) in [5.74, 6) is 0.370. The third-order valence-electron chi connectivity index (χ3n) is 4.00. The number of hydrogen-bond donors (Lipinski definition) is 2. The molecule has 0 saturated heterocycles. The highest BCUT2D eigenvalue weighted by atomic mass is 32.2. The molecule has 1 amide bonds. The number of nitrogens with zero attached hydrogens (tertiary/aromatic N) is 1. The molecule has 0 fully saturated rings. The predicted octanol–water partition coefficient (Wildman–Crippen LogP) is 2.30. The lowest BCUT2D eigenvalue weighted by atomic mass is 10.2. The summed E-state index contributed by atoms with van der Waals surface area (Å²) in [6, 6.07) is 5.69. The Bertz CT molecular complexity index is 822. The van der Waals surface area contributed by atoms with Gasteiger partial charge < -0.3 is 9.84 Å². The van der Waals surface area contributed by atoms with Gasteiger partial charge in [0.15, 0.2) is 0 Å². The number of aryl methyl sites for hydroxylation is 2. The zero-order valence-electron chi connectivity index (χ0n) is 14.8. The lowest BCUT2D eigenvalue weighted by Gasteiger charge is -2.12. The molecule has 0 aliphatic rings. The van der Waals surface area contributed by atoms with E-state index in [1.165, 1.54) is 24.3 Å². The molecule has 1 atom stereocenters. The van der Waals surface area contributed by atoms with Crippen LogP contribution in [0.3, 0.4) is 0 Å². The van der Waals surface area contributed by atoms with Crippen molar-refractivity contribution in [1.82, 2.24) is 15.2 Å². The van der Waals surface area contributed by atoms with Gasteiger partial charge in [0.2, 0.25) is 10.0 Å². The predicted molar refractivity (Wildman–Crippen MR) is 93.7 cm³/mol. The molecule has 1 heterocycles. The SMILES string of the molecule is CCC(C)NS(=O)(=O)c1ccc(C(=O)NCc2c(C)noc2C)cc1. The summed E-state index contributed by atoms with van der Waals surface area (Å²) in [4.78, 5) is 12.4. The van der Waals surface area contributed by atoms with Crippen LogP contribution in [0, 0.1) is 13.8 Å². The van der Waals surface area contributed by atoms with Crippen LogP contribution in [-0.2, 0) is 16.6 Å². The minimum atomic E-state index is -3.58. The van der Waals surface area contributed by atoms with Gasteiger partial charge in [0, 0.05) is 23.7 Å². The van der Waals surface area contributed by atoms with E-state index in [1.54, 1.807) is 13.8 Å². The highest BCUT2D eigenvalue weighted by Crippen LogP contribution is 2.14. The van der Waals surface area contributed by atoms with E-state index in [-0.39, 0.29) is 16.8 Å². The second-order valence-electron chi connectivity index (χ2n) is 5.94. The Hall–Kier alpha value is -2.19. The number of carbonyl (C=O) groups is 1. The van der Waals surface area contributed by atoms with Crippen molar-refractivity contribution in [2.24, 2.45) is 0 Å². The zero-order chi connectivity index (χ0) is 18.6. The number of sulfonamides is 1. The molecule has 0 saturated carbocycles. The van der Waals surface area contributed by atoms with Crippen LogP contribution < -0.4 is 10.0 Å². The minimum Gasteiger partial charge on any atom is -0.361 e. The van der Waals surface area contributed by atoms with Gasteiger partial charge in [0.25, 0.3) is 5.91 Å². The Morgan fingerprint density at radius 2 is 1.88 bits per heavy atom. The van der Waals surface area contributed by atoms with E-state index in [9.17, 15) is 13.2 Å². The van der Waals surface area contributed by atoms with Gasteiger partial charge in [-0.25, -0.2) is 13.1 Å². The second kappa shape index (κ2) is 7.79. The quantitative estimate of drug-likeness (QED) is 0.784. The van der Waals surface area contributed by atoms with Crippen molar-refractivity contribution in [3.63, 3.8) is 0 Å². The number of amides is 1. The molecule has 7 nitrogen and oxygen atoms in total. The largest absolute Gasteiger partial charge is 0.361 e. The summed E-state index contributed by atoms with van der Waals surface area (Å²) in [7, 11) is -3.58. The fourth-order valence-corrected chi connectivity index (χ4v) is 3.55. The molecule has 0 aliphatic heterocycles.